The van der Waals surface area contributed by atoms with Crippen molar-refractivity contribution >= 4 is 0 Å². The van der Waals surface area contributed by atoms with Crippen molar-refractivity contribution in [3.63, 3.8) is 0 Å². The fraction of sp³-hybridized carbons (Fsp3) is 0.312. The maximum Gasteiger partial charge on any atom is 0.129 e. The third kappa shape index (κ3) is 4.10. The van der Waals surface area contributed by atoms with E-state index in [9.17, 15) is 8.78 Å². The normalized spacial score (nSPS) is 12.3. The van der Waals surface area contributed by atoms with E-state index in [4.69, 9.17) is 0 Å². The number of halogens is 2. The molecular formula is C16H18F2N2. The van der Waals surface area contributed by atoms with Gasteiger partial charge < -0.3 is 5.32 Å². The minimum Gasteiger partial charge on any atom is -0.314 e. The lowest BCUT2D eigenvalue weighted by Gasteiger charge is -2.18. The van der Waals surface area contributed by atoms with Crippen molar-refractivity contribution in [2.24, 2.45) is 0 Å². The number of nitrogens with zero attached hydrogens (tertiary/aromatic N) is 1. The molecule has 0 amide bonds. The van der Waals surface area contributed by atoms with Gasteiger partial charge in [-0.1, -0.05) is 13.0 Å². The van der Waals surface area contributed by atoms with Crippen molar-refractivity contribution < 1.29 is 8.78 Å². The van der Waals surface area contributed by atoms with E-state index in [0.29, 0.717) is 12.0 Å². The molecule has 1 atom stereocenters. The smallest absolute Gasteiger partial charge is 0.129 e. The highest BCUT2D eigenvalue weighted by molar-refractivity contribution is 5.21. The molecule has 1 heterocycles. The van der Waals surface area contributed by atoms with Gasteiger partial charge in [-0.05, 0) is 48.7 Å². The lowest BCUT2D eigenvalue weighted by molar-refractivity contribution is 0.501. The van der Waals surface area contributed by atoms with Crippen molar-refractivity contribution in [2.45, 2.75) is 25.8 Å². The second kappa shape index (κ2) is 7.10. The summed E-state index contributed by atoms with van der Waals surface area (Å²) >= 11 is 0. The monoisotopic (exact) mass is 276 g/mol. The Hall–Kier alpha value is -1.81. The van der Waals surface area contributed by atoms with Crippen molar-refractivity contribution in [3.05, 3.63) is 65.5 Å². The summed E-state index contributed by atoms with van der Waals surface area (Å²) in [6.45, 7) is 2.82. The Kier molecular flexibility index (Phi) is 5.18. The molecule has 0 aliphatic heterocycles. The van der Waals surface area contributed by atoms with Crippen LogP contribution in [0.3, 0.4) is 0 Å². The van der Waals surface area contributed by atoms with Crippen LogP contribution in [0.1, 0.15) is 18.1 Å². The average Bonchev–Trinajstić information content (AvgIpc) is 2.43. The van der Waals surface area contributed by atoms with Crippen molar-refractivity contribution in [2.75, 3.05) is 6.54 Å². The van der Waals surface area contributed by atoms with E-state index in [1.807, 2.05) is 19.1 Å². The van der Waals surface area contributed by atoms with E-state index in [2.05, 4.69) is 10.3 Å². The molecule has 1 aromatic carbocycles. The SMILES string of the molecule is CCNC(Cc1ccncc1)Cc1ccc(F)cc1F. The van der Waals surface area contributed by atoms with Gasteiger partial charge in [0, 0.05) is 24.5 Å². The summed E-state index contributed by atoms with van der Waals surface area (Å²) in [5.41, 5.74) is 1.68. The minimum absolute atomic E-state index is 0.113. The quantitative estimate of drug-likeness (QED) is 0.877. The molecule has 1 aromatic heterocycles. The molecule has 2 rings (SSSR count). The second-order valence-corrected chi connectivity index (χ2v) is 4.75. The predicted octanol–water partition coefficient (Wildman–Crippen LogP) is 3.12. The van der Waals surface area contributed by atoms with Gasteiger partial charge in [0.2, 0.25) is 0 Å². The maximum absolute atomic E-state index is 13.7. The number of hydrogen-bond donors (Lipinski definition) is 1. The summed E-state index contributed by atoms with van der Waals surface area (Å²) in [4.78, 5) is 3.98. The molecule has 0 saturated carbocycles. The first-order valence-electron chi connectivity index (χ1n) is 6.75. The van der Waals surface area contributed by atoms with Crippen LogP contribution in [-0.4, -0.2) is 17.6 Å². The van der Waals surface area contributed by atoms with E-state index < -0.39 is 11.6 Å². The number of likely N-dealkylation sites (N-methyl/N-ethyl adjacent to an activating group) is 1. The molecule has 0 saturated heterocycles. The van der Waals surface area contributed by atoms with Crippen LogP contribution in [0, 0.1) is 11.6 Å². The Balaban J connectivity index is 2.09. The highest BCUT2D eigenvalue weighted by atomic mass is 19.1. The summed E-state index contributed by atoms with van der Waals surface area (Å²) in [5, 5.41) is 3.34. The van der Waals surface area contributed by atoms with Crippen LogP contribution >= 0.6 is 0 Å². The minimum atomic E-state index is -0.541. The number of hydrogen-bond acceptors (Lipinski definition) is 2. The Bertz CT molecular complexity index is 543. The zero-order chi connectivity index (χ0) is 14.4. The molecule has 0 bridgehead atoms. The Morgan fingerprint density at radius 1 is 1.10 bits per heavy atom. The van der Waals surface area contributed by atoms with E-state index in [1.54, 1.807) is 12.4 Å². The van der Waals surface area contributed by atoms with Gasteiger partial charge in [0.15, 0.2) is 0 Å². The fourth-order valence-corrected chi connectivity index (χ4v) is 2.26. The Labute approximate surface area is 117 Å². The molecule has 0 aliphatic carbocycles. The maximum atomic E-state index is 13.7. The lowest BCUT2D eigenvalue weighted by atomic mass is 9.99. The van der Waals surface area contributed by atoms with Gasteiger partial charge in [-0.15, -0.1) is 0 Å². The molecule has 2 aromatic rings. The highest BCUT2D eigenvalue weighted by Crippen LogP contribution is 2.14. The summed E-state index contributed by atoms with van der Waals surface area (Å²) in [6.07, 6.45) is 4.81. The zero-order valence-corrected chi connectivity index (χ0v) is 11.4. The van der Waals surface area contributed by atoms with Gasteiger partial charge in [-0.2, -0.15) is 0 Å². The van der Waals surface area contributed by atoms with Crippen LogP contribution in [0.2, 0.25) is 0 Å². The van der Waals surface area contributed by atoms with Crippen LogP contribution in [0.15, 0.2) is 42.7 Å². The third-order valence-corrected chi connectivity index (χ3v) is 3.21. The van der Waals surface area contributed by atoms with Crippen LogP contribution < -0.4 is 5.32 Å². The van der Waals surface area contributed by atoms with Crippen molar-refractivity contribution in [1.82, 2.24) is 10.3 Å². The van der Waals surface area contributed by atoms with Crippen molar-refractivity contribution in [3.8, 4) is 0 Å². The molecule has 0 radical (unpaired) electrons. The number of aromatic nitrogens is 1. The third-order valence-electron chi connectivity index (χ3n) is 3.21. The zero-order valence-electron chi connectivity index (χ0n) is 11.4. The van der Waals surface area contributed by atoms with Crippen LogP contribution in [0.5, 0.6) is 0 Å². The Morgan fingerprint density at radius 3 is 2.50 bits per heavy atom. The van der Waals surface area contributed by atoms with Gasteiger partial charge in [0.1, 0.15) is 11.6 Å². The summed E-state index contributed by atoms with van der Waals surface area (Å²) < 4.78 is 26.6. The fourth-order valence-electron chi connectivity index (χ4n) is 2.26. The summed E-state index contributed by atoms with van der Waals surface area (Å²) in [6, 6.07) is 7.76. The molecule has 1 N–H and O–H groups in total. The van der Waals surface area contributed by atoms with Crippen LogP contribution in [0.25, 0.3) is 0 Å². The van der Waals surface area contributed by atoms with E-state index >= 15 is 0 Å². The molecule has 4 heteroatoms. The summed E-state index contributed by atoms with van der Waals surface area (Å²) in [7, 11) is 0. The van der Waals surface area contributed by atoms with E-state index in [1.165, 1.54) is 12.1 Å². The first-order valence-corrected chi connectivity index (χ1v) is 6.75. The van der Waals surface area contributed by atoms with Gasteiger partial charge >= 0.3 is 0 Å². The van der Waals surface area contributed by atoms with Crippen molar-refractivity contribution in [1.29, 1.82) is 0 Å². The molecular weight excluding hydrogens is 258 g/mol. The molecule has 1 unspecified atom stereocenters. The molecule has 0 aliphatic rings. The average molecular weight is 276 g/mol. The number of benzene rings is 1. The first kappa shape index (κ1) is 14.6. The van der Waals surface area contributed by atoms with Crippen LogP contribution in [-0.2, 0) is 12.8 Å². The predicted molar refractivity (Wildman–Crippen MR) is 75.5 cm³/mol. The summed E-state index contributed by atoms with van der Waals surface area (Å²) in [5.74, 6) is -1.02. The van der Waals surface area contributed by atoms with Gasteiger partial charge in [-0.25, -0.2) is 8.78 Å². The molecule has 0 spiro atoms. The van der Waals surface area contributed by atoms with E-state index in [-0.39, 0.29) is 6.04 Å². The van der Waals surface area contributed by atoms with Crippen LogP contribution in [0.4, 0.5) is 8.78 Å². The Morgan fingerprint density at radius 2 is 1.85 bits per heavy atom. The molecule has 2 nitrogen and oxygen atoms in total. The molecule has 20 heavy (non-hydrogen) atoms. The topological polar surface area (TPSA) is 24.9 Å². The van der Waals surface area contributed by atoms with E-state index in [0.717, 1.165) is 24.6 Å². The molecule has 106 valence electrons. The standard InChI is InChI=1S/C16H18F2N2/c1-2-20-15(9-12-5-7-19-8-6-12)10-13-3-4-14(17)11-16(13)18/h3-8,11,15,20H,2,9-10H2,1H3. The number of nitrogens with one attached hydrogen (secondary N) is 1. The highest BCUT2D eigenvalue weighted by Gasteiger charge is 2.13. The number of pyridine rings is 1. The van der Waals surface area contributed by atoms with Gasteiger partial charge in [0.05, 0.1) is 0 Å². The number of rotatable bonds is 6. The lowest BCUT2D eigenvalue weighted by Crippen LogP contribution is -2.33. The largest absolute Gasteiger partial charge is 0.314 e. The van der Waals surface area contributed by atoms with Gasteiger partial charge in [0.25, 0.3) is 0 Å². The molecule has 0 fully saturated rings. The first-order chi connectivity index (χ1) is 9.69. The second-order valence-electron chi connectivity index (χ2n) is 4.75. The van der Waals surface area contributed by atoms with Gasteiger partial charge in [-0.3, -0.25) is 4.98 Å².